The van der Waals surface area contributed by atoms with Crippen LogP contribution in [0.25, 0.3) is 0 Å². The van der Waals surface area contributed by atoms with Gasteiger partial charge in [-0.25, -0.2) is 0 Å². The maximum absolute atomic E-state index is 12.6. The van der Waals surface area contributed by atoms with Crippen molar-refractivity contribution in [2.24, 2.45) is 0 Å². The lowest BCUT2D eigenvalue weighted by Gasteiger charge is -2.35. The molecule has 1 saturated heterocycles. The normalized spacial score (nSPS) is 17.4. The summed E-state index contributed by atoms with van der Waals surface area (Å²) in [5, 5.41) is 6.49. The van der Waals surface area contributed by atoms with Crippen LogP contribution in [0, 0.1) is 0 Å². The first-order chi connectivity index (χ1) is 13.8. The summed E-state index contributed by atoms with van der Waals surface area (Å²) in [6.07, 6.45) is 4.66. The summed E-state index contributed by atoms with van der Waals surface area (Å²) in [6.45, 7) is 6.90. The Morgan fingerprint density at radius 3 is 2.93 bits per heavy atom. The van der Waals surface area contributed by atoms with Gasteiger partial charge in [0.25, 0.3) is 0 Å². The van der Waals surface area contributed by atoms with Crippen molar-refractivity contribution < 1.29 is 9.53 Å². The van der Waals surface area contributed by atoms with E-state index in [1.54, 1.807) is 6.20 Å². The molecule has 0 saturated carbocycles. The molecular formula is C22H30N4O2. The zero-order valence-corrected chi connectivity index (χ0v) is 16.6. The average Bonchev–Trinajstić information content (AvgIpc) is 2.74. The van der Waals surface area contributed by atoms with E-state index in [9.17, 15) is 4.79 Å². The minimum absolute atomic E-state index is 0.0417. The van der Waals surface area contributed by atoms with Crippen molar-refractivity contribution in [1.29, 1.82) is 0 Å². The number of hydrogen-bond donors (Lipinski definition) is 2. The molecule has 6 nitrogen and oxygen atoms in total. The summed E-state index contributed by atoms with van der Waals surface area (Å²) < 4.78 is 5.67. The van der Waals surface area contributed by atoms with Crippen molar-refractivity contribution in [3.8, 4) is 0 Å². The van der Waals surface area contributed by atoms with Crippen LogP contribution in [0.1, 0.15) is 36.1 Å². The monoisotopic (exact) mass is 382 g/mol. The second-order valence-electron chi connectivity index (χ2n) is 7.07. The van der Waals surface area contributed by atoms with Gasteiger partial charge < -0.3 is 15.4 Å². The van der Waals surface area contributed by atoms with E-state index in [0.29, 0.717) is 19.7 Å². The van der Waals surface area contributed by atoms with Gasteiger partial charge in [-0.1, -0.05) is 37.3 Å². The van der Waals surface area contributed by atoms with Crippen molar-refractivity contribution in [2.45, 2.75) is 32.5 Å². The molecule has 6 heteroatoms. The van der Waals surface area contributed by atoms with Gasteiger partial charge in [0, 0.05) is 51.2 Å². The number of carbonyl (C=O) groups excluding carboxylic acids is 1. The summed E-state index contributed by atoms with van der Waals surface area (Å²) in [7, 11) is 0. The van der Waals surface area contributed by atoms with E-state index < -0.39 is 0 Å². The maximum Gasteiger partial charge on any atom is 0.234 e. The molecule has 1 unspecified atom stereocenters. The first kappa shape index (κ1) is 20.5. The summed E-state index contributed by atoms with van der Waals surface area (Å²) >= 11 is 0. The quantitative estimate of drug-likeness (QED) is 0.652. The second kappa shape index (κ2) is 10.9. The Balaban J connectivity index is 1.55. The molecule has 1 aliphatic heterocycles. The predicted octanol–water partition coefficient (Wildman–Crippen LogP) is 2.27. The number of carbonyl (C=O) groups is 1. The molecule has 28 heavy (non-hydrogen) atoms. The average molecular weight is 383 g/mol. The molecule has 1 aliphatic rings. The number of aromatic nitrogens is 1. The van der Waals surface area contributed by atoms with E-state index in [1.807, 2.05) is 30.5 Å². The molecule has 3 rings (SSSR count). The molecular weight excluding hydrogens is 352 g/mol. The largest absolute Gasteiger partial charge is 0.377 e. The van der Waals surface area contributed by atoms with Gasteiger partial charge in [0.1, 0.15) is 0 Å². The Bertz CT molecular complexity index is 738. The SMILES string of the molecule is CCCOCc1ccccc1CNC(=O)CN1CCNCC1c1cccnc1. The van der Waals surface area contributed by atoms with Gasteiger partial charge in [0.15, 0.2) is 0 Å². The smallest absolute Gasteiger partial charge is 0.234 e. The molecule has 1 atom stereocenters. The maximum atomic E-state index is 12.6. The fourth-order valence-corrected chi connectivity index (χ4v) is 3.47. The minimum atomic E-state index is 0.0417. The van der Waals surface area contributed by atoms with Crippen LogP contribution in [-0.2, 0) is 22.7 Å². The second-order valence-corrected chi connectivity index (χ2v) is 7.07. The standard InChI is InChI=1S/C22H30N4O2/c1-2-12-28-17-20-7-4-3-6-18(20)14-25-22(27)16-26-11-10-24-15-21(26)19-8-5-9-23-13-19/h3-9,13,21,24H,2,10-12,14-17H2,1H3,(H,25,27). The van der Waals surface area contributed by atoms with Gasteiger partial charge in [0.05, 0.1) is 13.2 Å². The molecule has 2 N–H and O–H groups in total. The number of ether oxygens (including phenoxy) is 1. The van der Waals surface area contributed by atoms with E-state index in [1.165, 1.54) is 0 Å². The van der Waals surface area contributed by atoms with Crippen molar-refractivity contribution >= 4 is 5.91 Å². The van der Waals surface area contributed by atoms with Crippen LogP contribution in [0.2, 0.25) is 0 Å². The van der Waals surface area contributed by atoms with Crippen LogP contribution in [-0.4, -0.2) is 48.6 Å². The predicted molar refractivity (Wildman–Crippen MR) is 110 cm³/mol. The Hall–Kier alpha value is -2.28. The minimum Gasteiger partial charge on any atom is -0.377 e. The van der Waals surface area contributed by atoms with Crippen LogP contribution in [0.3, 0.4) is 0 Å². The number of benzene rings is 1. The molecule has 0 bridgehead atoms. The van der Waals surface area contributed by atoms with Gasteiger partial charge in [-0.3, -0.25) is 14.7 Å². The number of nitrogens with one attached hydrogen (secondary N) is 2. The molecule has 0 radical (unpaired) electrons. The lowest BCUT2D eigenvalue weighted by molar-refractivity contribution is -0.123. The van der Waals surface area contributed by atoms with Crippen molar-refractivity contribution in [1.82, 2.24) is 20.5 Å². The summed E-state index contributed by atoms with van der Waals surface area (Å²) in [4.78, 5) is 19.1. The first-order valence-electron chi connectivity index (χ1n) is 10.0. The Labute approximate surface area is 167 Å². The number of pyridine rings is 1. The topological polar surface area (TPSA) is 66.5 Å². The highest BCUT2D eigenvalue weighted by Crippen LogP contribution is 2.20. The summed E-state index contributed by atoms with van der Waals surface area (Å²) in [6, 6.07) is 12.3. The summed E-state index contributed by atoms with van der Waals surface area (Å²) in [5.41, 5.74) is 3.38. The van der Waals surface area contributed by atoms with Gasteiger partial charge in [-0.05, 0) is 29.2 Å². The fourth-order valence-electron chi connectivity index (χ4n) is 3.47. The molecule has 1 fully saturated rings. The summed E-state index contributed by atoms with van der Waals surface area (Å²) in [5.74, 6) is 0.0417. The lowest BCUT2D eigenvalue weighted by atomic mass is 10.1. The number of amides is 1. The number of nitrogens with zero attached hydrogens (tertiary/aromatic N) is 2. The van der Waals surface area contributed by atoms with Gasteiger partial charge >= 0.3 is 0 Å². The van der Waals surface area contributed by atoms with E-state index in [2.05, 4.69) is 39.6 Å². The van der Waals surface area contributed by atoms with Gasteiger partial charge in [-0.2, -0.15) is 0 Å². The number of rotatable bonds is 9. The Morgan fingerprint density at radius 2 is 2.14 bits per heavy atom. The third-order valence-electron chi connectivity index (χ3n) is 4.97. The third-order valence-corrected chi connectivity index (χ3v) is 4.97. The molecule has 2 heterocycles. The van der Waals surface area contributed by atoms with E-state index in [0.717, 1.165) is 49.4 Å². The zero-order chi connectivity index (χ0) is 19.6. The van der Waals surface area contributed by atoms with Crippen LogP contribution in [0.5, 0.6) is 0 Å². The third kappa shape index (κ3) is 5.86. The fraction of sp³-hybridized carbons (Fsp3) is 0.455. The van der Waals surface area contributed by atoms with E-state index in [4.69, 9.17) is 4.74 Å². The molecule has 0 aliphatic carbocycles. The Morgan fingerprint density at radius 1 is 1.29 bits per heavy atom. The van der Waals surface area contributed by atoms with Crippen LogP contribution < -0.4 is 10.6 Å². The van der Waals surface area contributed by atoms with Crippen LogP contribution in [0.4, 0.5) is 0 Å². The van der Waals surface area contributed by atoms with Gasteiger partial charge in [-0.15, -0.1) is 0 Å². The number of piperazine rings is 1. The van der Waals surface area contributed by atoms with Gasteiger partial charge in [0.2, 0.25) is 5.91 Å². The highest BCUT2D eigenvalue weighted by atomic mass is 16.5. The van der Waals surface area contributed by atoms with E-state index in [-0.39, 0.29) is 11.9 Å². The first-order valence-corrected chi connectivity index (χ1v) is 10.0. The van der Waals surface area contributed by atoms with Crippen molar-refractivity contribution in [3.05, 3.63) is 65.5 Å². The highest BCUT2D eigenvalue weighted by Gasteiger charge is 2.25. The molecule has 1 amide bonds. The zero-order valence-electron chi connectivity index (χ0n) is 16.6. The lowest BCUT2D eigenvalue weighted by Crippen LogP contribution is -2.49. The van der Waals surface area contributed by atoms with Crippen LogP contribution >= 0.6 is 0 Å². The highest BCUT2D eigenvalue weighted by molar-refractivity contribution is 5.78. The number of hydrogen-bond acceptors (Lipinski definition) is 5. The van der Waals surface area contributed by atoms with Crippen molar-refractivity contribution in [2.75, 3.05) is 32.8 Å². The molecule has 0 spiro atoms. The molecule has 150 valence electrons. The molecule has 1 aromatic carbocycles. The van der Waals surface area contributed by atoms with Crippen molar-refractivity contribution in [3.63, 3.8) is 0 Å². The molecule has 1 aromatic heterocycles. The molecule has 2 aromatic rings. The Kier molecular flexibility index (Phi) is 7.96. The van der Waals surface area contributed by atoms with E-state index >= 15 is 0 Å². The van der Waals surface area contributed by atoms with Crippen LogP contribution in [0.15, 0.2) is 48.8 Å².